The molecule has 4 rings (SSSR count). The van der Waals surface area contributed by atoms with Crippen molar-refractivity contribution in [1.29, 1.82) is 0 Å². The molecular weight excluding hydrogens is 428 g/mol. The maximum absolute atomic E-state index is 12.5. The predicted octanol–water partition coefficient (Wildman–Crippen LogP) is 3.15. The summed E-state index contributed by atoms with van der Waals surface area (Å²) in [5.41, 5.74) is 2.40. The molecule has 0 spiro atoms. The zero-order valence-electron chi connectivity index (χ0n) is 17.4. The number of aryl methyl sites for hydroxylation is 1. The van der Waals surface area contributed by atoms with Crippen LogP contribution in [0.15, 0.2) is 77.7 Å². The number of hydrogen-bond acceptors (Lipinski definition) is 5. The Kier molecular flexibility index (Phi) is 6.07. The normalized spacial score (nSPS) is 13.3. The van der Waals surface area contributed by atoms with Crippen molar-refractivity contribution in [2.24, 2.45) is 0 Å². The van der Waals surface area contributed by atoms with Crippen molar-refractivity contribution in [2.75, 3.05) is 13.2 Å². The first-order valence-electron chi connectivity index (χ1n) is 10.1. The fourth-order valence-electron chi connectivity index (χ4n) is 3.48. The Morgan fingerprint density at radius 2 is 1.44 bits per heavy atom. The molecular formula is C24H22N2O5S. The Labute approximate surface area is 186 Å². The zero-order chi connectivity index (χ0) is 22.7. The molecule has 0 radical (unpaired) electrons. The highest BCUT2D eigenvalue weighted by atomic mass is 32.2. The third-order valence-electron chi connectivity index (χ3n) is 5.20. The fourth-order valence-corrected chi connectivity index (χ4v) is 4.49. The van der Waals surface area contributed by atoms with Crippen molar-refractivity contribution < 1.29 is 22.7 Å². The molecule has 1 heterocycles. The van der Waals surface area contributed by atoms with Gasteiger partial charge in [0.1, 0.15) is 12.4 Å². The lowest BCUT2D eigenvalue weighted by Crippen LogP contribution is -2.29. The third kappa shape index (κ3) is 4.42. The Morgan fingerprint density at radius 3 is 2.06 bits per heavy atom. The second kappa shape index (κ2) is 8.94. The number of para-hydroxylation sites is 1. The molecule has 0 saturated carbocycles. The van der Waals surface area contributed by atoms with Crippen LogP contribution in [0.1, 0.15) is 31.8 Å². The molecule has 0 bridgehead atoms. The van der Waals surface area contributed by atoms with E-state index in [0.717, 1.165) is 10.5 Å². The molecule has 164 valence electrons. The highest BCUT2D eigenvalue weighted by molar-refractivity contribution is 7.89. The van der Waals surface area contributed by atoms with E-state index in [9.17, 15) is 18.0 Å². The summed E-state index contributed by atoms with van der Waals surface area (Å²) in [5, 5.41) is 0. The first-order valence-corrected chi connectivity index (χ1v) is 11.6. The van der Waals surface area contributed by atoms with Crippen molar-refractivity contribution in [3.05, 3.63) is 95.1 Å². The van der Waals surface area contributed by atoms with E-state index in [1.165, 1.54) is 12.1 Å². The maximum Gasteiger partial charge on any atom is 0.261 e. The highest BCUT2D eigenvalue weighted by Crippen LogP contribution is 2.24. The molecule has 8 heteroatoms. The second-order valence-corrected chi connectivity index (χ2v) is 9.16. The van der Waals surface area contributed by atoms with E-state index in [-0.39, 0.29) is 36.4 Å². The lowest BCUT2D eigenvalue weighted by molar-refractivity contribution is 0.0642. The molecule has 0 atom stereocenters. The fraction of sp³-hybridized carbons (Fsp3) is 0.167. The molecule has 0 unspecified atom stereocenters. The van der Waals surface area contributed by atoms with Crippen LogP contribution in [0, 0.1) is 6.92 Å². The summed E-state index contributed by atoms with van der Waals surface area (Å²) in [6.07, 6.45) is 0. The average Bonchev–Trinajstić information content (AvgIpc) is 3.03. The molecule has 0 saturated heterocycles. The van der Waals surface area contributed by atoms with Crippen LogP contribution < -0.4 is 9.46 Å². The van der Waals surface area contributed by atoms with Crippen LogP contribution in [-0.2, 0) is 16.6 Å². The SMILES string of the molecule is Cc1ccccc1OCCNS(=O)(=O)c1ccc(CN2C(=O)c3ccccc3C2=O)cc1. The van der Waals surface area contributed by atoms with Gasteiger partial charge in [0.15, 0.2) is 0 Å². The number of imide groups is 1. The van der Waals surface area contributed by atoms with Gasteiger partial charge in [-0.15, -0.1) is 0 Å². The van der Waals surface area contributed by atoms with Crippen molar-refractivity contribution >= 4 is 21.8 Å². The number of nitrogens with zero attached hydrogens (tertiary/aromatic N) is 1. The van der Waals surface area contributed by atoms with E-state index in [1.54, 1.807) is 36.4 Å². The number of benzene rings is 3. The second-order valence-electron chi connectivity index (χ2n) is 7.40. The average molecular weight is 451 g/mol. The topological polar surface area (TPSA) is 92.8 Å². The molecule has 1 N–H and O–H groups in total. The Balaban J connectivity index is 1.35. The predicted molar refractivity (Wildman–Crippen MR) is 119 cm³/mol. The minimum absolute atomic E-state index is 0.0738. The summed E-state index contributed by atoms with van der Waals surface area (Å²) < 4.78 is 33.2. The minimum atomic E-state index is -3.71. The van der Waals surface area contributed by atoms with E-state index in [1.807, 2.05) is 31.2 Å². The number of ether oxygens (including phenoxy) is 1. The van der Waals surface area contributed by atoms with E-state index < -0.39 is 10.0 Å². The molecule has 0 fully saturated rings. The van der Waals surface area contributed by atoms with Gasteiger partial charge in [-0.25, -0.2) is 13.1 Å². The van der Waals surface area contributed by atoms with Gasteiger partial charge in [0.25, 0.3) is 11.8 Å². The molecule has 0 aromatic heterocycles. The van der Waals surface area contributed by atoms with Crippen molar-refractivity contribution in [2.45, 2.75) is 18.4 Å². The van der Waals surface area contributed by atoms with Crippen LogP contribution in [0.5, 0.6) is 5.75 Å². The van der Waals surface area contributed by atoms with Gasteiger partial charge in [-0.05, 0) is 48.4 Å². The molecule has 2 amide bonds. The first-order chi connectivity index (χ1) is 15.4. The summed E-state index contributed by atoms with van der Waals surface area (Å²) >= 11 is 0. The van der Waals surface area contributed by atoms with Gasteiger partial charge in [-0.2, -0.15) is 0 Å². The summed E-state index contributed by atoms with van der Waals surface area (Å²) in [7, 11) is -3.71. The van der Waals surface area contributed by atoms with Gasteiger partial charge in [0.2, 0.25) is 10.0 Å². The van der Waals surface area contributed by atoms with Crippen LogP contribution in [0.4, 0.5) is 0 Å². The van der Waals surface area contributed by atoms with Gasteiger partial charge in [0.05, 0.1) is 22.6 Å². The number of fused-ring (bicyclic) bond motifs is 1. The number of amides is 2. The Bertz CT molecular complexity index is 1230. The summed E-state index contributed by atoms with van der Waals surface area (Å²) in [5.74, 6) is 0.0134. The molecule has 3 aromatic carbocycles. The number of carbonyl (C=O) groups excluding carboxylic acids is 2. The smallest absolute Gasteiger partial charge is 0.261 e. The molecule has 7 nitrogen and oxygen atoms in total. The summed E-state index contributed by atoms with van der Waals surface area (Å²) in [6.45, 7) is 2.31. The van der Waals surface area contributed by atoms with Crippen LogP contribution >= 0.6 is 0 Å². The van der Waals surface area contributed by atoms with E-state index >= 15 is 0 Å². The number of carbonyl (C=O) groups is 2. The van der Waals surface area contributed by atoms with Crippen LogP contribution in [-0.4, -0.2) is 38.3 Å². The van der Waals surface area contributed by atoms with Crippen LogP contribution in [0.2, 0.25) is 0 Å². The number of nitrogens with one attached hydrogen (secondary N) is 1. The third-order valence-corrected chi connectivity index (χ3v) is 6.67. The quantitative estimate of drug-likeness (QED) is 0.420. The monoisotopic (exact) mass is 450 g/mol. The van der Waals surface area contributed by atoms with E-state index in [4.69, 9.17) is 4.74 Å². The molecule has 1 aliphatic heterocycles. The molecule has 3 aromatic rings. The highest BCUT2D eigenvalue weighted by Gasteiger charge is 2.34. The van der Waals surface area contributed by atoms with Crippen molar-refractivity contribution in [1.82, 2.24) is 9.62 Å². The molecule has 0 aliphatic carbocycles. The van der Waals surface area contributed by atoms with Crippen LogP contribution in [0.3, 0.4) is 0 Å². The Hall–Kier alpha value is -3.49. The van der Waals surface area contributed by atoms with Crippen molar-refractivity contribution in [3.8, 4) is 5.75 Å². The standard InChI is InChI=1S/C24H22N2O5S/c1-17-6-2-5-9-22(17)31-15-14-25-32(29,30)19-12-10-18(11-13-19)16-26-23(27)20-7-3-4-8-21(20)24(26)28/h2-13,25H,14-16H2,1H3. The lowest BCUT2D eigenvalue weighted by Gasteiger charge is -2.14. The number of sulfonamides is 1. The molecule has 1 aliphatic rings. The largest absolute Gasteiger partial charge is 0.492 e. The molecule has 32 heavy (non-hydrogen) atoms. The minimum Gasteiger partial charge on any atom is -0.492 e. The number of hydrogen-bond donors (Lipinski definition) is 1. The van der Waals surface area contributed by atoms with Gasteiger partial charge >= 0.3 is 0 Å². The van der Waals surface area contributed by atoms with Gasteiger partial charge in [0, 0.05) is 6.54 Å². The Morgan fingerprint density at radius 1 is 0.844 bits per heavy atom. The summed E-state index contributed by atoms with van der Waals surface area (Å²) in [6, 6.07) is 20.3. The first kappa shape index (κ1) is 21.7. The maximum atomic E-state index is 12.5. The zero-order valence-corrected chi connectivity index (χ0v) is 18.3. The number of rotatable bonds is 8. The lowest BCUT2D eigenvalue weighted by atomic mass is 10.1. The van der Waals surface area contributed by atoms with Crippen LogP contribution in [0.25, 0.3) is 0 Å². The van der Waals surface area contributed by atoms with Crippen molar-refractivity contribution in [3.63, 3.8) is 0 Å². The van der Waals surface area contributed by atoms with Gasteiger partial charge < -0.3 is 4.74 Å². The summed E-state index contributed by atoms with van der Waals surface area (Å²) in [4.78, 5) is 26.2. The van der Waals surface area contributed by atoms with E-state index in [0.29, 0.717) is 22.4 Å². The van der Waals surface area contributed by atoms with Gasteiger partial charge in [-0.1, -0.05) is 42.5 Å². The van der Waals surface area contributed by atoms with Gasteiger partial charge in [-0.3, -0.25) is 14.5 Å². The van der Waals surface area contributed by atoms with E-state index in [2.05, 4.69) is 4.72 Å².